The van der Waals surface area contributed by atoms with Crippen LogP contribution >= 0.6 is 0 Å². The molecule has 3 rings (SSSR count). The SMILES string of the molecule is CCCCNC(=O)[C@@H](C)N(Cc1ccc(F)cc1)C(=O)CN(c1cc(OC)ccc1OC)S(=O)(=O)c1ccccc1. The van der Waals surface area contributed by atoms with Crippen molar-refractivity contribution >= 4 is 27.5 Å². The molecule has 0 fully saturated rings. The first-order valence-corrected chi connectivity index (χ1v) is 14.7. The third-order valence-electron chi connectivity index (χ3n) is 6.53. The molecule has 0 aliphatic carbocycles. The predicted octanol–water partition coefficient (Wildman–Crippen LogP) is 4.37. The second-order valence-corrected chi connectivity index (χ2v) is 11.2. The van der Waals surface area contributed by atoms with Crippen molar-refractivity contribution < 1.29 is 31.9 Å². The van der Waals surface area contributed by atoms with Crippen LogP contribution in [0.15, 0.2) is 77.7 Å². The van der Waals surface area contributed by atoms with Gasteiger partial charge in [0.25, 0.3) is 10.0 Å². The van der Waals surface area contributed by atoms with Crippen molar-refractivity contribution in [1.29, 1.82) is 0 Å². The molecule has 220 valence electrons. The van der Waals surface area contributed by atoms with Crippen LogP contribution in [0, 0.1) is 5.82 Å². The zero-order valence-corrected chi connectivity index (χ0v) is 24.5. The molecule has 0 heterocycles. The van der Waals surface area contributed by atoms with E-state index in [1.807, 2.05) is 6.92 Å². The van der Waals surface area contributed by atoms with Crippen LogP contribution in [0.1, 0.15) is 32.3 Å². The second-order valence-electron chi connectivity index (χ2n) is 9.33. The number of methoxy groups -OCH3 is 2. The van der Waals surface area contributed by atoms with Gasteiger partial charge < -0.3 is 19.7 Å². The summed E-state index contributed by atoms with van der Waals surface area (Å²) in [5, 5.41) is 2.83. The summed E-state index contributed by atoms with van der Waals surface area (Å²) in [6.45, 7) is 3.32. The summed E-state index contributed by atoms with van der Waals surface area (Å²) >= 11 is 0. The van der Waals surface area contributed by atoms with Crippen molar-refractivity contribution in [3.05, 3.63) is 84.2 Å². The van der Waals surface area contributed by atoms with Crippen molar-refractivity contribution in [1.82, 2.24) is 10.2 Å². The lowest BCUT2D eigenvalue weighted by Crippen LogP contribution is -2.51. The van der Waals surface area contributed by atoms with Crippen molar-refractivity contribution in [2.24, 2.45) is 0 Å². The van der Waals surface area contributed by atoms with E-state index in [4.69, 9.17) is 9.47 Å². The number of carbonyl (C=O) groups is 2. The molecule has 0 aromatic heterocycles. The third kappa shape index (κ3) is 7.97. The number of unbranched alkanes of at least 4 members (excludes halogenated alkanes) is 1. The lowest BCUT2D eigenvalue weighted by Gasteiger charge is -2.32. The Labute approximate surface area is 240 Å². The maximum absolute atomic E-state index is 14.0. The standard InChI is InChI=1S/C30H36FN3O6S/c1-5-6-18-32-30(36)22(2)33(20-23-12-14-24(31)15-13-23)29(35)21-34(41(37,38)26-10-8-7-9-11-26)27-19-25(39-3)16-17-28(27)40-4/h7-17,19,22H,5-6,18,20-21H2,1-4H3,(H,32,36)/t22-/m1/s1. The van der Waals surface area contributed by atoms with Crippen LogP contribution in [0.4, 0.5) is 10.1 Å². The fourth-order valence-corrected chi connectivity index (χ4v) is 5.57. The number of halogens is 1. The highest BCUT2D eigenvalue weighted by atomic mass is 32.2. The number of carbonyl (C=O) groups excluding carboxylic acids is 2. The minimum Gasteiger partial charge on any atom is -0.497 e. The Morgan fingerprint density at radius 2 is 1.66 bits per heavy atom. The van der Waals surface area contributed by atoms with E-state index in [9.17, 15) is 22.4 Å². The molecule has 2 amide bonds. The summed E-state index contributed by atoms with van der Waals surface area (Å²) in [5.41, 5.74) is 0.662. The topological polar surface area (TPSA) is 105 Å². The zero-order chi connectivity index (χ0) is 30.0. The fourth-order valence-electron chi connectivity index (χ4n) is 4.13. The van der Waals surface area contributed by atoms with Crippen molar-refractivity contribution in [2.75, 3.05) is 31.6 Å². The quantitative estimate of drug-likeness (QED) is 0.282. The van der Waals surface area contributed by atoms with Crippen LogP contribution in [0.3, 0.4) is 0 Å². The highest BCUT2D eigenvalue weighted by Gasteiger charge is 2.34. The van der Waals surface area contributed by atoms with Crippen LogP contribution in [0.2, 0.25) is 0 Å². The van der Waals surface area contributed by atoms with Crippen molar-refractivity contribution in [2.45, 2.75) is 44.2 Å². The van der Waals surface area contributed by atoms with Crippen LogP contribution in [0.25, 0.3) is 0 Å². The van der Waals surface area contributed by atoms with E-state index < -0.39 is 34.3 Å². The van der Waals surface area contributed by atoms with Gasteiger partial charge in [-0.1, -0.05) is 43.7 Å². The van der Waals surface area contributed by atoms with E-state index in [2.05, 4.69) is 5.32 Å². The summed E-state index contributed by atoms with van der Waals surface area (Å²) < 4.78 is 53.3. The number of amides is 2. The number of benzene rings is 3. The molecule has 0 unspecified atom stereocenters. The molecule has 1 atom stereocenters. The highest BCUT2D eigenvalue weighted by Crippen LogP contribution is 2.36. The van der Waals surface area contributed by atoms with Gasteiger partial charge >= 0.3 is 0 Å². The van der Waals surface area contributed by atoms with Crippen LogP contribution in [-0.4, -0.2) is 58.5 Å². The molecular formula is C30H36FN3O6S. The van der Waals surface area contributed by atoms with E-state index in [-0.39, 0.29) is 28.8 Å². The van der Waals surface area contributed by atoms with Crippen LogP contribution < -0.4 is 19.1 Å². The van der Waals surface area contributed by atoms with E-state index in [0.717, 1.165) is 17.1 Å². The molecule has 3 aromatic rings. The van der Waals surface area contributed by atoms with Gasteiger partial charge in [-0.3, -0.25) is 13.9 Å². The summed E-state index contributed by atoms with van der Waals surface area (Å²) in [5.74, 6) is -0.911. The Kier molecular flexibility index (Phi) is 11.1. The molecular weight excluding hydrogens is 549 g/mol. The van der Waals surface area contributed by atoms with Gasteiger partial charge in [-0.15, -0.1) is 0 Å². The molecule has 0 aliphatic rings. The number of hydrogen-bond donors (Lipinski definition) is 1. The summed E-state index contributed by atoms with van der Waals surface area (Å²) in [7, 11) is -1.45. The lowest BCUT2D eigenvalue weighted by molar-refractivity contribution is -0.139. The molecule has 11 heteroatoms. The second kappa shape index (κ2) is 14.5. The van der Waals surface area contributed by atoms with Gasteiger partial charge in [-0.2, -0.15) is 0 Å². The Morgan fingerprint density at radius 1 is 0.976 bits per heavy atom. The van der Waals surface area contributed by atoms with Gasteiger partial charge in [0.05, 0.1) is 24.8 Å². The Morgan fingerprint density at radius 3 is 2.27 bits per heavy atom. The van der Waals surface area contributed by atoms with Gasteiger partial charge in [0.2, 0.25) is 11.8 Å². The highest BCUT2D eigenvalue weighted by molar-refractivity contribution is 7.92. The smallest absolute Gasteiger partial charge is 0.264 e. The largest absolute Gasteiger partial charge is 0.497 e. The first kappa shape index (κ1) is 31.4. The molecule has 9 nitrogen and oxygen atoms in total. The number of anilines is 1. The van der Waals surface area contributed by atoms with E-state index in [1.165, 1.54) is 61.6 Å². The molecule has 3 aromatic carbocycles. The summed E-state index contributed by atoms with van der Waals surface area (Å²) in [4.78, 5) is 28.3. The molecule has 0 saturated carbocycles. The van der Waals surface area contributed by atoms with Gasteiger partial charge in [-0.25, -0.2) is 12.8 Å². The average Bonchev–Trinajstić information content (AvgIpc) is 2.99. The van der Waals surface area contributed by atoms with E-state index in [1.54, 1.807) is 37.3 Å². The molecule has 1 N–H and O–H groups in total. The van der Waals surface area contributed by atoms with Crippen molar-refractivity contribution in [3.63, 3.8) is 0 Å². The summed E-state index contributed by atoms with van der Waals surface area (Å²) in [6.07, 6.45) is 1.64. The fraction of sp³-hybridized carbons (Fsp3) is 0.333. The minimum absolute atomic E-state index is 0.0342. The average molecular weight is 586 g/mol. The molecule has 0 spiro atoms. The molecule has 0 aliphatic heterocycles. The van der Waals surface area contributed by atoms with Crippen molar-refractivity contribution in [3.8, 4) is 11.5 Å². The Bertz CT molecular complexity index is 1420. The first-order valence-electron chi connectivity index (χ1n) is 13.2. The minimum atomic E-state index is -4.28. The van der Waals surface area contributed by atoms with Gasteiger partial charge in [-0.05, 0) is 55.3 Å². The maximum atomic E-state index is 14.0. The monoisotopic (exact) mass is 585 g/mol. The molecule has 0 radical (unpaired) electrons. The number of sulfonamides is 1. The van der Waals surface area contributed by atoms with Crippen LogP contribution in [0.5, 0.6) is 11.5 Å². The Balaban J connectivity index is 2.07. The maximum Gasteiger partial charge on any atom is 0.264 e. The van der Waals surface area contributed by atoms with Gasteiger partial charge in [0.15, 0.2) is 0 Å². The van der Waals surface area contributed by atoms with Crippen LogP contribution in [-0.2, 0) is 26.2 Å². The Hall–Kier alpha value is -4.12. The van der Waals surface area contributed by atoms with E-state index >= 15 is 0 Å². The predicted molar refractivity (Wildman–Crippen MR) is 155 cm³/mol. The zero-order valence-electron chi connectivity index (χ0n) is 23.7. The molecule has 0 saturated heterocycles. The normalized spacial score (nSPS) is 11.8. The third-order valence-corrected chi connectivity index (χ3v) is 8.30. The number of nitrogens with zero attached hydrogens (tertiary/aromatic N) is 2. The lowest BCUT2D eigenvalue weighted by atomic mass is 10.1. The number of rotatable bonds is 14. The number of hydrogen-bond acceptors (Lipinski definition) is 6. The molecule has 41 heavy (non-hydrogen) atoms. The van der Waals surface area contributed by atoms with Gasteiger partial charge in [0.1, 0.15) is 29.9 Å². The van der Waals surface area contributed by atoms with Gasteiger partial charge in [0, 0.05) is 19.2 Å². The molecule has 0 bridgehead atoms. The van der Waals surface area contributed by atoms with E-state index in [0.29, 0.717) is 17.9 Å². The first-order chi connectivity index (χ1) is 19.6. The number of ether oxygens (including phenoxy) is 2. The summed E-state index contributed by atoms with van der Waals surface area (Å²) in [6, 6.07) is 16.9. The number of nitrogens with one attached hydrogen (secondary N) is 1.